The van der Waals surface area contributed by atoms with Crippen molar-refractivity contribution in [3.8, 4) is 11.5 Å². The van der Waals surface area contributed by atoms with E-state index in [-0.39, 0.29) is 5.75 Å². The molecule has 2 aromatic carbocycles. The van der Waals surface area contributed by atoms with E-state index in [4.69, 9.17) is 14.6 Å². The molecule has 1 amide bonds. The molecule has 0 aliphatic rings. The maximum Gasteiger partial charge on any atom is 0.312 e. The molecule has 0 aromatic heterocycles. The van der Waals surface area contributed by atoms with Crippen LogP contribution in [0.3, 0.4) is 0 Å². The van der Waals surface area contributed by atoms with E-state index in [1.807, 2.05) is 0 Å². The second kappa shape index (κ2) is 8.67. The summed E-state index contributed by atoms with van der Waals surface area (Å²) in [6.45, 7) is 3.60. The Morgan fingerprint density at radius 3 is 2.54 bits per heavy atom. The van der Waals surface area contributed by atoms with Gasteiger partial charge in [0.1, 0.15) is 5.75 Å². The van der Waals surface area contributed by atoms with Crippen LogP contribution in [0.15, 0.2) is 47.4 Å². The Morgan fingerprint density at radius 2 is 1.93 bits per heavy atom. The number of benzene rings is 2. The summed E-state index contributed by atoms with van der Waals surface area (Å²) in [6, 6.07) is 9.69. The average Bonchev–Trinajstić information content (AvgIpc) is 2.62. The van der Waals surface area contributed by atoms with Gasteiger partial charge in [0, 0.05) is 6.07 Å². The number of nitro groups is 1. The van der Waals surface area contributed by atoms with Crippen molar-refractivity contribution in [1.29, 1.82) is 0 Å². The van der Waals surface area contributed by atoms with E-state index in [2.05, 4.69) is 5.32 Å². The summed E-state index contributed by atoms with van der Waals surface area (Å²) in [7, 11) is -4.12. The molecule has 0 fully saturated rings. The first kappa shape index (κ1) is 21.1. The molecule has 0 radical (unpaired) electrons. The number of hydrogen-bond donors (Lipinski definition) is 2. The first-order valence-corrected chi connectivity index (χ1v) is 9.68. The summed E-state index contributed by atoms with van der Waals surface area (Å²) >= 11 is 0. The zero-order chi connectivity index (χ0) is 20.9. The number of anilines is 1. The number of nitro benzene ring substituents is 1. The molecule has 0 heterocycles. The van der Waals surface area contributed by atoms with Crippen molar-refractivity contribution in [2.24, 2.45) is 5.14 Å². The van der Waals surface area contributed by atoms with Gasteiger partial charge in [-0.3, -0.25) is 14.9 Å². The van der Waals surface area contributed by atoms with E-state index in [1.54, 1.807) is 31.2 Å². The highest BCUT2D eigenvalue weighted by Crippen LogP contribution is 2.30. The number of rotatable bonds is 8. The lowest BCUT2D eigenvalue weighted by Gasteiger charge is -2.16. The molecular weight excluding hydrogens is 390 g/mol. The van der Waals surface area contributed by atoms with Gasteiger partial charge in [0.25, 0.3) is 5.91 Å². The third-order valence-electron chi connectivity index (χ3n) is 3.57. The Kier molecular flexibility index (Phi) is 6.54. The molecule has 0 saturated heterocycles. The Morgan fingerprint density at radius 1 is 1.25 bits per heavy atom. The van der Waals surface area contributed by atoms with Gasteiger partial charge in [0.15, 0.2) is 11.9 Å². The SMILES string of the molecule is CCOc1ccccc1NC(=O)[C@H](C)Oc1ccc(S(N)(=O)=O)cc1[N+](=O)[O-]. The molecule has 3 N–H and O–H groups in total. The Labute approximate surface area is 161 Å². The van der Waals surface area contributed by atoms with Gasteiger partial charge in [-0.25, -0.2) is 13.6 Å². The third kappa shape index (κ3) is 5.18. The van der Waals surface area contributed by atoms with Crippen molar-refractivity contribution in [2.75, 3.05) is 11.9 Å². The van der Waals surface area contributed by atoms with Crippen molar-refractivity contribution < 1.29 is 27.6 Å². The molecule has 11 heteroatoms. The zero-order valence-electron chi connectivity index (χ0n) is 15.1. The molecule has 2 rings (SSSR count). The summed E-state index contributed by atoms with van der Waals surface area (Å²) in [6.07, 6.45) is -1.12. The highest BCUT2D eigenvalue weighted by Gasteiger charge is 2.24. The highest BCUT2D eigenvalue weighted by molar-refractivity contribution is 7.89. The zero-order valence-corrected chi connectivity index (χ0v) is 15.9. The number of nitrogens with zero attached hydrogens (tertiary/aromatic N) is 1. The number of sulfonamides is 1. The van der Waals surface area contributed by atoms with Gasteiger partial charge >= 0.3 is 5.69 Å². The number of para-hydroxylation sites is 2. The molecule has 0 spiro atoms. The van der Waals surface area contributed by atoms with Crippen LogP contribution in [0.5, 0.6) is 11.5 Å². The molecule has 150 valence electrons. The van der Waals surface area contributed by atoms with Crippen LogP contribution in [0.25, 0.3) is 0 Å². The minimum Gasteiger partial charge on any atom is -0.492 e. The first-order chi connectivity index (χ1) is 13.1. The lowest BCUT2D eigenvalue weighted by atomic mass is 10.2. The van der Waals surface area contributed by atoms with Crippen LogP contribution in [0, 0.1) is 10.1 Å². The topological polar surface area (TPSA) is 151 Å². The number of carbonyl (C=O) groups excluding carboxylic acids is 1. The van der Waals surface area contributed by atoms with Gasteiger partial charge in [-0.1, -0.05) is 12.1 Å². The largest absolute Gasteiger partial charge is 0.492 e. The number of hydrogen-bond acceptors (Lipinski definition) is 7. The fourth-order valence-electron chi connectivity index (χ4n) is 2.25. The standard InChI is InChI=1S/C17H19N3O7S/c1-3-26-15-7-5-4-6-13(15)19-17(21)11(2)27-16-9-8-12(28(18,24)25)10-14(16)20(22)23/h4-11H,3H2,1-2H3,(H,19,21)(H2,18,24,25)/t11-/m0/s1. The first-order valence-electron chi connectivity index (χ1n) is 8.14. The van der Waals surface area contributed by atoms with Crippen LogP contribution in [0.2, 0.25) is 0 Å². The van der Waals surface area contributed by atoms with Gasteiger partial charge in [-0.05, 0) is 38.1 Å². The summed E-state index contributed by atoms with van der Waals surface area (Å²) in [5, 5.41) is 18.8. The van der Waals surface area contributed by atoms with Gasteiger partial charge in [0.05, 0.1) is 22.1 Å². The number of amides is 1. The van der Waals surface area contributed by atoms with Crippen LogP contribution in [0.4, 0.5) is 11.4 Å². The molecule has 0 unspecified atom stereocenters. The molecule has 0 bridgehead atoms. The fraction of sp³-hybridized carbons (Fsp3) is 0.235. The van der Waals surface area contributed by atoms with E-state index in [1.165, 1.54) is 6.92 Å². The summed E-state index contributed by atoms with van der Waals surface area (Å²) in [5.74, 6) is -0.371. The van der Waals surface area contributed by atoms with Gasteiger partial charge in [-0.2, -0.15) is 0 Å². The maximum atomic E-state index is 12.4. The Bertz CT molecular complexity index is 992. The van der Waals surface area contributed by atoms with Crippen molar-refractivity contribution in [3.63, 3.8) is 0 Å². The van der Waals surface area contributed by atoms with Crippen LogP contribution < -0.4 is 19.9 Å². The normalized spacial score (nSPS) is 12.1. The van der Waals surface area contributed by atoms with Gasteiger partial charge < -0.3 is 14.8 Å². The minimum atomic E-state index is -4.12. The molecule has 2 aromatic rings. The Balaban J connectivity index is 2.21. The average molecular weight is 409 g/mol. The predicted molar refractivity (Wildman–Crippen MR) is 101 cm³/mol. The molecule has 10 nitrogen and oxygen atoms in total. The van der Waals surface area contributed by atoms with Gasteiger partial charge in [-0.15, -0.1) is 0 Å². The third-order valence-corrected chi connectivity index (χ3v) is 4.48. The van der Waals surface area contributed by atoms with E-state index in [9.17, 15) is 23.3 Å². The van der Waals surface area contributed by atoms with Crippen molar-refractivity contribution in [2.45, 2.75) is 24.8 Å². The molecular formula is C17H19N3O7S. The van der Waals surface area contributed by atoms with Gasteiger partial charge in [0.2, 0.25) is 10.0 Å². The molecule has 0 saturated carbocycles. The summed E-state index contributed by atoms with van der Waals surface area (Å²) in [4.78, 5) is 22.4. The van der Waals surface area contributed by atoms with Crippen LogP contribution in [-0.4, -0.2) is 32.0 Å². The minimum absolute atomic E-state index is 0.266. The van der Waals surface area contributed by atoms with E-state index in [0.29, 0.717) is 18.0 Å². The molecule has 0 aliphatic heterocycles. The summed E-state index contributed by atoms with van der Waals surface area (Å²) in [5.41, 5.74) is -0.204. The summed E-state index contributed by atoms with van der Waals surface area (Å²) < 4.78 is 33.5. The Hall–Kier alpha value is -3.18. The second-order valence-electron chi connectivity index (χ2n) is 5.61. The lowest BCUT2D eigenvalue weighted by molar-refractivity contribution is -0.386. The van der Waals surface area contributed by atoms with Crippen LogP contribution >= 0.6 is 0 Å². The highest BCUT2D eigenvalue weighted by atomic mass is 32.2. The number of nitrogens with one attached hydrogen (secondary N) is 1. The molecule has 1 atom stereocenters. The number of nitrogens with two attached hydrogens (primary N) is 1. The number of ether oxygens (including phenoxy) is 2. The second-order valence-corrected chi connectivity index (χ2v) is 7.17. The molecule has 28 heavy (non-hydrogen) atoms. The number of carbonyl (C=O) groups is 1. The maximum absolute atomic E-state index is 12.4. The monoisotopic (exact) mass is 409 g/mol. The van der Waals surface area contributed by atoms with E-state index < -0.39 is 37.5 Å². The fourth-order valence-corrected chi connectivity index (χ4v) is 2.78. The van der Waals surface area contributed by atoms with Crippen LogP contribution in [-0.2, 0) is 14.8 Å². The number of primary sulfonamides is 1. The van der Waals surface area contributed by atoms with E-state index >= 15 is 0 Å². The van der Waals surface area contributed by atoms with E-state index in [0.717, 1.165) is 18.2 Å². The molecule has 0 aliphatic carbocycles. The lowest BCUT2D eigenvalue weighted by Crippen LogP contribution is -2.30. The van der Waals surface area contributed by atoms with Crippen molar-refractivity contribution >= 4 is 27.3 Å². The van der Waals surface area contributed by atoms with Crippen molar-refractivity contribution in [3.05, 3.63) is 52.6 Å². The smallest absolute Gasteiger partial charge is 0.312 e. The predicted octanol–water partition coefficient (Wildman–Crippen LogP) is 2.05. The van der Waals surface area contributed by atoms with Crippen molar-refractivity contribution in [1.82, 2.24) is 0 Å². The van der Waals surface area contributed by atoms with Crippen LogP contribution in [0.1, 0.15) is 13.8 Å². The quantitative estimate of drug-likeness (QED) is 0.500.